The van der Waals surface area contributed by atoms with Crippen molar-refractivity contribution in [2.75, 3.05) is 47.5 Å². The van der Waals surface area contributed by atoms with Crippen LogP contribution in [0.1, 0.15) is 168 Å². The number of hydrogen-bond donors (Lipinski definition) is 1. The van der Waals surface area contributed by atoms with E-state index >= 15 is 0 Å². The van der Waals surface area contributed by atoms with Crippen LogP contribution in [0.2, 0.25) is 0 Å². The topological polar surface area (TPSA) is 121 Å². The molecule has 0 radical (unpaired) electrons. The number of rotatable bonds is 40. The summed E-state index contributed by atoms with van der Waals surface area (Å²) in [5, 5.41) is 0. The number of carbonyl (C=O) groups excluding carboxylic acids is 2. The fourth-order valence-electron chi connectivity index (χ4n) is 6.14. The summed E-state index contributed by atoms with van der Waals surface area (Å²) in [5.74, 6) is -0.883. The van der Waals surface area contributed by atoms with Gasteiger partial charge in [-0.1, -0.05) is 132 Å². The minimum atomic E-state index is -4.40. The maximum atomic E-state index is 12.7. The van der Waals surface area contributed by atoms with Gasteiger partial charge in [0.05, 0.1) is 40.0 Å². The highest BCUT2D eigenvalue weighted by atomic mass is 31.2. The van der Waals surface area contributed by atoms with Gasteiger partial charge in [0.15, 0.2) is 6.10 Å². The van der Waals surface area contributed by atoms with Crippen molar-refractivity contribution in [3.63, 3.8) is 0 Å². The third-order valence-corrected chi connectivity index (χ3v) is 10.9. The lowest BCUT2D eigenvalue weighted by Crippen LogP contribution is -2.37. The maximum Gasteiger partial charge on any atom is 0.472 e. The van der Waals surface area contributed by atoms with Gasteiger partial charge in [-0.15, -0.1) is 0 Å². The van der Waals surface area contributed by atoms with Gasteiger partial charge in [-0.25, -0.2) is 4.57 Å². The van der Waals surface area contributed by atoms with Crippen LogP contribution in [0.5, 0.6) is 0 Å². The van der Waals surface area contributed by atoms with Crippen molar-refractivity contribution in [1.29, 1.82) is 0 Å². The average molecular weight is 851 g/mol. The molecule has 4 atom stereocenters. The zero-order valence-corrected chi connectivity index (χ0v) is 38.8. The van der Waals surface area contributed by atoms with E-state index in [1.54, 1.807) is 0 Å². The molecule has 11 heteroatoms. The second-order valence-corrected chi connectivity index (χ2v) is 18.3. The lowest BCUT2D eigenvalue weighted by atomic mass is 10.1. The van der Waals surface area contributed by atoms with Gasteiger partial charge in [-0.3, -0.25) is 18.6 Å². The van der Waals surface area contributed by atoms with Crippen molar-refractivity contribution in [2.24, 2.45) is 0 Å². The van der Waals surface area contributed by atoms with Gasteiger partial charge in [-0.2, -0.15) is 0 Å². The van der Waals surface area contributed by atoms with Crippen LogP contribution in [0.15, 0.2) is 60.8 Å². The third-order valence-electron chi connectivity index (χ3n) is 9.92. The van der Waals surface area contributed by atoms with Crippen molar-refractivity contribution >= 4 is 19.8 Å². The summed E-state index contributed by atoms with van der Waals surface area (Å²) in [4.78, 5) is 35.4. The Balaban J connectivity index is 2.32. The number of allylic oxidation sites excluding steroid dienone is 8. The summed E-state index contributed by atoms with van der Waals surface area (Å²) in [6, 6.07) is 0. The molecule has 0 aromatic rings. The van der Waals surface area contributed by atoms with Gasteiger partial charge < -0.3 is 23.6 Å². The number of likely N-dealkylation sites (N-methyl/N-ethyl adjacent to an activating group) is 1. The Bertz CT molecular complexity index is 1260. The molecule has 0 bridgehead atoms. The van der Waals surface area contributed by atoms with Gasteiger partial charge in [-0.05, 0) is 83.5 Å². The molecule has 1 aliphatic rings. The lowest BCUT2D eigenvalue weighted by molar-refractivity contribution is -0.870. The van der Waals surface area contributed by atoms with E-state index in [0.717, 1.165) is 64.2 Å². The van der Waals surface area contributed by atoms with Gasteiger partial charge in [0.1, 0.15) is 19.8 Å². The van der Waals surface area contributed by atoms with E-state index in [4.69, 9.17) is 23.3 Å². The number of phosphoric acid groups is 1. The number of esters is 2. The molecule has 0 spiro atoms. The number of unbranched alkanes of at least 4 members (excludes halogenated alkanes) is 14. The highest BCUT2D eigenvalue weighted by Gasteiger charge is 2.36. The number of hydrogen-bond acceptors (Lipinski definition) is 8. The maximum absolute atomic E-state index is 12.7. The number of phosphoric ester groups is 1. The second-order valence-electron chi connectivity index (χ2n) is 16.8. The summed E-state index contributed by atoms with van der Waals surface area (Å²) < 4.78 is 40.0. The highest BCUT2D eigenvalue weighted by molar-refractivity contribution is 7.47. The second kappa shape index (κ2) is 36.3. The standard InChI is InChI=1S/C48H84NO9P/c1-6-8-10-12-14-15-16-17-18-19-20-21-22-23-26-30-34-38-47(50)54-42-44(43-56-59(52,53)55-41-40-49(3,4)5)57-48(51)39-35-31-27-24-25-29-33-37-46-45(58-46)36-32-28-13-11-9-7-2/h14-15,17-18,24,27-29,32-33,44-46H,6-13,16,19-23,25-26,30-31,34-43H2,1-5H3/p+1/b15-14-,18-17-,27-24-,32-28-,33-29-/t44-,45?,46?/m1/s1. The zero-order chi connectivity index (χ0) is 43.3. The van der Waals surface area contributed by atoms with Crippen LogP contribution in [0.4, 0.5) is 0 Å². The first kappa shape index (κ1) is 54.7. The molecule has 1 aliphatic heterocycles. The summed E-state index contributed by atoms with van der Waals surface area (Å²) in [6.45, 7) is 4.27. The molecule has 1 heterocycles. The molecule has 0 amide bonds. The number of ether oxygens (including phenoxy) is 3. The fourth-order valence-corrected chi connectivity index (χ4v) is 6.88. The first-order valence-electron chi connectivity index (χ1n) is 23.1. The molecule has 1 rings (SSSR count). The molecule has 0 aliphatic carbocycles. The Kier molecular flexibility index (Phi) is 33.7. The Morgan fingerprint density at radius 2 is 1.08 bits per heavy atom. The Labute approximate surface area is 360 Å². The summed E-state index contributed by atoms with van der Waals surface area (Å²) in [7, 11) is 1.42. The fraction of sp³-hybridized carbons (Fsp3) is 0.750. The third kappa shape index (κ3) is 37.2. The summed E-state index contributed by atoms with van der Waals surface area (Å²) in [6.07, 6.45) is 45.8. The van der Waals surface area contributed by atoms with E-state index in [2.05, 4.69) is 68.5 Å². The number of epoxide rings is 1. The molecule has 1 saturated heterocycles. The van der Waals surface area contributed by atoms with E-state index < -0.39 is 32.5 Å². The van der Waals surface area contributed by atoms with E-state index in [9.17, 15) is 19.0 Å². The predicted molar refractivity (Wildman–Crippen MR) is 242 cm³/mol. The molecule has 1 N–H and O–H groups in total. The zero-order valence-electron chi connectivity index (χ0n) is 37.9. The average Bonchev–Trinajstić information content (AvgIpc) is 3.94. The molecule has 0 saturated carbocycles. The number of quaternary nitrogens is 1. The van der Waals surface area contributed by atoms with Crippen LogP contribution in [0.25, 0.3) is 0 Å². The SMILES string of the molecule is CCCCC/C=C\C/C=C\CCCCCCCCCC(=O)OC[C@H](COP(=O)(O)OCC[N+](C)(C)C)OC(=O)CCC/C=C\C/C=C\CC1OC1C/C=C\CCCCC. The van der Waals surface area contributed by atoms with Crippen LogP contribution >= 0.6 is 7.82 Å². The van der Waals surface area contributed by atoms with Crippen molar-refractivity contribution in [3.8, 4) is 0 Å². The molecule has 340 valence electrons. The van der Waals surface area contributed by atoms with Gasteiger partial charge in [0.25, 0.3) is 0 Å². The Hall–Kier alpha value is -2.33. The largest absolute Gasteiger partial charge is 0.472 e. The normalized spacial score (nSPS) is 17.5. The molecular weight excluding hydrogens is 765 g/mol. The minimum Gasteiger partial charge on any atom is -0.462 e. The monoisotopic (exact) mass is 851 g/mol. The van der Waals surface area contributed by atoms with Crippen LogP contribution in [0, 0.1) is 0 Å². The Morgan fingerprint density at radius 3 is 1.66 bits per heavy atom. The van der Waals surface area contributed by atoms with Crippen LogP contribution in [-0.4, -0.2) is 87.1 Å². The van der Waals surface area contributed by atoms with E-state index in [-0.39, 0.29) is 26.1 Å². The molecule has 10 nitrogen and oxygen atoms in total. The predicted octanol–water partition coefficient (Wildman–Crippen LogP) is 12.2. The van der Waals surface area contributed by atoms with Crippen LogP contribution in [0.3, 0.4) is 0 Å². The van der Waals surface area contributed by atoms with E-state index in [0.29, 0.717) is 36.1 Å². The van der Waals surface area contributed by atoms with Gasteiger partial charge >= 0.3 is 19.8 Å². The van der Waals surface area contributed by atoms with Gasteiger partial charge in [0.2, 0.25) is 0 Å². The molecule has 59 heavy (non-hydrogen) atoms. The van der Waals surface area contributed by atoms with Crippen molar-refractivity contribution in [3.05, 3.63) is 60.8 Å². The van der Waals surface area contributed by atoms with Crippen molar-refractivity contribution < 1.29 is 46.8 Å². The smallest absolute Gasteiger partial charge is 0.462 e. The lowest BCUT2D eigenvalue weighted by Gasteiger charge is -2.24. The van der Waals surface area contributed by atoms with Crippen molar-refractivity contribution in [1.82, 2.24) is 0 Å². The van der Waals surface area contributed by atoms with Gasteiger partial charge in [0, 0.05) is 12.8 Å². The molecule has 1 fully saturated rings. The first-order valence-corrected chi connectivity index (χ1v) is 24.6. The summed E-state index contributed by atoms with van der Waals surface area (Å²) in [5.41, 5.74) is 0. The first-order chi connectivity index (χ1) is 28.5. The quantitative estimate of drug-likeness (QED) is 0.0160. The Morgan fingerprint density at radius 1 is 0.610 bits per heavy atom. The molecule has 0 aromatic carbocycles. The van der Waals surface area contributed by atoms with Crippen LogP contribution in [-0.2, 0) is 37.4 Å². The highest BCUT2D eigenvalue weighted by Crippen LogP contribution is 2.43. The van der Waals surface area contributed by atoms with Crippen LogP contribution < -0.4 is 0 Å². The number of nitrogens with zero attached hydrogens (tertiary/aromatic N) is 1. The van der Waals surface area contributed by atoms with E-state index in [1.165, 1.54) is 64.2 Å². The minimum absolute atomic E-state index is 0.0151. The number of carbonyl (C=O) groups is 2. The van der Waals surface area contributed by atoms with Crippen molar-refractivity contribution in [2.45, 2.75) is 186 Å². The summed E-state index contributed by atoms with van der Waals surface area (Å²) >= 11 is 0. The molecule has 3 unspecified atom stereocenters. The molecule has 0 aromatic heterocycles. The molecular formula is C48H85NO9P+. The van der Waals surface area contributed by atoms with E-state index in [1.807, 2.05) is 27.2 Å².